The van der Waals surface area contributed by atoms with Gasteiger partial charge in [-0.3, -0.25) is 9.89 Å². The van der Waals surface area contributed by atoms with Crippen LogP contribution in [0, 0.1) is 6.92 Å². The fourth-order valence-corrected chi connectivity index (χ4v) is 3.34. The van der Waals surface area contributed by atoms with Crippen LogP contribution in [0.2, 0.25) is 0 Å². The van der Waals surface area contributed by atoms with Gasteiger partial charge in [-0.2, -0.15) is 9.61 Å². The molecule has 4 heterocycles. The molecule has 1 saturated carbocycles. The van der Waals surface area contributed by atoms with Gasteiger partial charge in [0.25, 0.3) is 5.91 Å². The number of aromatic nitrogens is 6. The van der Waals surface area contributed by atoms with Crippen molar-refractivity contribution >= 4 is 17.4 Å². The number of hydrogen-bond acceptors (Lipinski definition) is 6. The Labute approximate surface area is 150 Å². The van der Waals surface area contributed by atoms with Crippen LogP contribution >= 0.6 is 0 Å². The van der Waals surface area contributed by atoms with E-state index in [0.29, 0.717) is 11.6 Å². The molecule has 2 fully saturated rings. The lowest BCUT2D eigenvalue weighted by molar-refractivity contribution is 0.0699. The summed E-state index contributed by atoms with van der Waals surface area (Å²) in [5.74, 6) is 2.16. The molecule has 0 atom stereocenters. The van der Waals surface area contributed by atoms with Gasteiger partial charge >= 0.3 is 0 Å². The second-order valence-electron chi connectivity index (χ2n) is 7.17. The molecule has 9 heteroatoms. The number of amides is 1. The smallest absolute Gasteiger partial charge is 0.274 e. The van der Waals surface area contributed by atoms with Gasteiger partial charge in [0.2, 0.25) is 0 Å². The Morgan fingerprint density at radius 2 is 2.08 bits per heavy atom. The van der Waals surface area contributed by atoms with Gasteiger partial charge in [0.15, 0.2) is 11.5 Å². The van der Waals surface area contributed by atoms with Crippen molar-refractivity contribution in [3.05, 3.63) is 35.4 Å². The maximum atomic E-state index is 12.7. The van der Waals surface area contributed by atoms with Crippen molar-refractivity contribution in [2.75, 3.05) is 25.0 Å². The first-order valence-corrected chi connectivity index (χ1v) is 8.86. The number of carbonyl (C=O) groups excluding carboxylic acids is 1. The number of aryl methyl sites for hydroxylation is 1. The van der Waals surface area contributed by atoms with Crippen LogP contribution in [0.15, 0.2) is 18.2 Å². The number of hydrogen-bond donors (Lipinski definition) is 1. The van der Waals surface area contributed by atoms with E-state index in [4.69, 9.17) is 0 Å². The Morgan fingerprint density at radius 1 is 1.27 bits per heavy atom. The summed E-state index contributed by atoms with van der Waals surface area (Å²) < 4.78 is 1.74. The molecule has 9 nitrogen and oxygen atoms in total. The molecule has 0 aromatic carbocycles. The predicted molar refractivity (Wildman–Crippen MR) is 94.2 cm³/mol. The van der Waals surface area contributed by atoms with Crippen molar-refractivity contribution in [1.29, 1.82) is 0 Å². The third kappa shape index (κ3) is 2.42. The summed E-state index contributed by atoms with van der Waals surface area (Å²) >= 11 is 0. The Bertz CT molecular complexity index is 982. The molecule has 1 aliphatic heterocycles. The Balaban J connectivity index is 1.26. The second-order valence-corrected chi connectivity index (χ2v) is 7.17. The van der Waals surface area contributed by atoms with E-state index in [-0.39, 0.29) is 11.9 Å². The van der Waals surface area contributed by atoms with Crippen LogP contribution in [0.4, 0.5) is 5.82 Å². The lowest BCUT2D eigenvalue weighted by Gasteiger charge is -2.44. The molecule has 134 valence electrons. The van der Waals surface area contributed by atoms with Crippen LogP contribution in [0.1, 0.15) is 40.8 Å². The number of likely N-dealkylation sites (N-methyl/N-ethyl adjacent to an activating group) is 1. The predicted octanol–water partition coefficient (Wildman–Crippen LogP) is 0.994. The monoisotopic (exact) mass is 352 g/mol. The number of carbonyl (C=O) groups is 1. The summed E-state index contributed by atoms with van der Waals surface area (Å²) in [4.78, 5) is 16.6. The summed E-state index contributed by atoms with van der Waals surface area (Å²) in [5, 5.41) is 19.9. The number of fused-ring (bicyclic) bond motifs is 1. The largest absolute Gasteiger partial charge is 0.351 e. The highest BCUT2D eigenvalue weighted by molar-refractivity contribution is 5.92. The molecule has 2 aliphatic rings. The number of anilines is 1. The van der Waals surface area contributed by atoms with Gasteiger partial charge in [-0.05, 0) is 38.0 Å². The number of nitrogens with one attached hydrogen (secondary N) is 1. The molecule has 0 radical (unpaired) electrons. The molecule has 1 aliphatic carbocycles. The highest BCUT2D eigenvalue weighted by Crippen LogP contribution is 2.39. The lowest BCUT2D eigenvalue weighted by atomic mass is 10.1. The Hall–Kier alpha value is -2.97. The highest BCUT2D eigenvalue weighted by Gasteiger charge is 2.35. The zero-order valence-corrected chi connectivity index (χ0v) is 14.8. The summed E-state index contributed by atoms with van der Waals surface area (Å²) in [6, 6.07) is 5.91. The number of H-pyrrole nitrogens is 1. The van der Waals surface area contributed by atoms with Crippen molar-refractivity contribution in [2.45, 2.75) is 31.7 Å². The molecule has 1 N–H and O–H groups in total. The number of nitrogens with zero attached hydrogens (tertiary/aromatic N) is 7. The fraction of sp³-hybridized carbons (Fsp3) is 0.471. The summed E-state index contributed by atoms with van der Waals surface area (Å²) in [6.45, 7) is 3.38. The van der Waals surface area contributed by atoms with Gasteiger partial charge in [0, 0.05) is 31.7 Å². The quantitative estimate of drug-likeness (QED) is 0.752. The molecule has 3 aromatic rings. The fourth-order valence-electron chi connectivity index (χ4n) is 3.34. The zero-order chi connectivity index (χ0) is 17.8. The molecular weight excluding hydrogens is 332 g/mol. The lowest BCUT2D eigenvalue weighted by Crippen LogP contribution is -2.60. The summed E-state index contributed by atoms with van der Waals surface area (Å²) in [5.41, 5.74) is 2.33. The molecular formula is C17H20N8O. The van der Waals surface area contributed by atoms with Crippen LogP contribution in [0.5, 0.6) is 0 Å². The van der Waals surface area contributed by atoms with Crippen LogP contribution in [-0.4, -0.2) is 67.0 Å². The van der Waals surface area contributed by atoms with Gasteiger partial charge in [-0.25, -0.2) is 0 Å². The normalized spacial score (nSPS) is 17.5. The van der Waals surface area contributed by atoms with E-state index in [1.54, 1.807) is 9.42 Å². The molecule has 1 amide bonds. The maximum absolute atomic E-state index is 12.7. The minimum Gasteiger partial charge on any atom is -0.351 e. The Morgan fingerprint density at radius 3 is 2.85 bits per heavy atom. The van der Waals surface area contributed by atoms with Gasteiger partial charge in [-0.1, -0.05) is 0 Å². The molecule has 26 heavy (non-hydrogen) atoms. The number of aromatic amines is 1. The van der Waals surface area contributed by atoms with Crippen molar-refractivity contribution < 1.29 is 4.79 Å². The van der Waals surface area contributed by atoms with Crippen LogP contribution in [0.3, 0.4) is 0 Å². The second kappa shape index (κ2) is 5.52. The van der Waals surface area contributed by atoms with Crippen molar-refractivity contribution in [3.63, 3.8) is 0 Å². The molecule has 0 spiro atoms. The van der Waals surface area contributed by atoms with Crippen LogP contribution in [0.25, 0.3) is 5.65 Å². The molecule has 3 aromatic heterocycles. The molecule has 5 rings (SSSR count). The topological polar surface area (TPSA) is 95.3 Å². The maximum Gasteiger partial charge on any atom is 0.274 e. The van der Waals surface area contributed by atoms with Gasteiger partial charge < -0.3 is 9.80 Å². The van der Waals surface area contributed by atoms with E-state index in [1.807, 2.05) is 32.2 Å². The van der Waals surface area contributed by atoms with E-state index in [1.165, 1.54) is 12.8 Å². The standard InChI is InChI=1S/C17H20N8O/c1-10-18-21-15-5-6-16(22-25(10)15)24-8-12(9-24)23(2)17(26)14-7-13(19-20-14)11-3-4-11/h5-7,11-12H,3-4,8-9H2,1-2H3,(H,19,20). The summed E-state index contributed by atoms with van der Waals surface area (Å²) in [6.07, 6.45) is 2.37. The molecule has 0 bridgehead atoms. The van der Waals surface area contributed by atoms with Gasteiger partial charge in [-0.15, -0.1) is 15.3 Å². The first-order chi connectivity index (χ1) is 12.6. The minimum absolute atomic E-state index is 0.0316. The minimum atomic E-state index is -0.0316. The van der Waals surface area contributed by atoms with Crippen molar-refractivity contribution in [1.82, 2.24) is 34.9 Å². The number of rotatable bonds is 4. The van der Waals surface area contributed by atoms with E-state index in [2.05, 4.69) is 30.4 Å². The average molecular weight is 352 g/mol. The molecule has 1 saturated heterocycles. The van der Waals surface area contributed by atoms with Crippen molar-refractivity contribution in [2.24, 2.45) is 0 Å². The highest BCUT2D eigenvalue weighted by atomic mass is 16.2. The average Bonchev–Trinajstić information content (AvgIpc) is 3.23. The van der Waals surface area contributed by atoms with Crippen molar-refractivity contribution in [3.8, 4) is 0 Å². The third-order valence-corrected chi connectivity index (χ3v) is 5.29. The summed E-state index contributed by atoms with van der Waals surface area (Å²) in [7, 11) is 1.84. The van der Waals surface area contributed by atoms with Crippen LogP contribution < -0.4 is 4.90 Å². The van der Waals surface area contributed by atoms with E-state index >= 15 is 0 Å². The first kappa shape index (κ1) is 15.3. The first-order valence-electron chi connectivity index (χ1n) is 8.86. The zero-order valence-electron chi connectivity index (χ0n) is 14.8. The van der Waals surface area contributed by atoms with Gasteiger partial charge in [0.1, 0.15) is 11.5 Å². The Kier molecular flexibility index (Phi) is 3.25. The van der Waals surface area contributed by atoms with E-state index in [0.717, 1.165) is 36.1 Å². The SMILES string of the molecule is Cc1nnc2ccc(N3CC(N(C)C(=O)c4cc(C5CC5)[nH]n4)C3)nn12. The third-order valence-electron chi connectivity index (χ3n) is 5.29. The van der Waals surface area contributed by atoms with Crippen LogP contribution in [-0.2, 0) is 0 Å². The van der Waals surface area contributed by atoms with E-state index < -0.39 is 0 Å². The molecule has 0 unspecified atom stereocenters. The van der Waals surface area contributed by atoms with E-state index in [9.17, 15) is 4.79 Å². The van der Waals surface area contributed by atoms with Gasteiger partial charge in [0.05, 0.1) is 6.04 Å².